The van der Waals surface area contributed by atoms with Crippen LogP contribution >= 0.6 is 0 Å². The largest absolute Gasteiger partial charge is 0.462 e. The van der Waals surface area contributed by atoms with E-state index in [9.17, 15) is 14.0 Å². The molecule has 0 unspecified atom stereocenters. The van der Waals surface area contributed by atoms with Gasteiger partial charge in [0.2, 0.25) is 5.43 Å². The molecule has 0 saturated heterocycles. The first kappa shape index (κ1) is 15.9. The number of carbonyl (C=O) groups is 1. The van der Waals surface area contributed by atoms with Crippen LogP contribution in [-0.2, 0) is 11.3 Å². The zero-order chi connectivity index (χ0) is 17.1. The lowest BCUT2D eigenvalue weighted by Crippen LogP contribution is -2.21. The fourth-order valence-electron chi connectivity index (χ4n) is 2.54. The Kier molecular flexibility index (Phi) is 4.37. The van der Waals surface area contributed by atoms with Gasteiger partial charge in [-0.2, -0.15) is 0 Å². The zero-order valence-corrected chi connectivity index (χ0v) is 13.0. The van der Waals surface area contributed by atoms with E-state index >= 15 is 0 Å². The Morgan fingerprint density at radius 3 is 2.88 bits per heavy atom. The maximum atomic E-state index is 13.6. The van der Waals surface area contributed by atoms with E-state index in [-0.39, 0.29) is 17.6 Å². The summed E-state index contributed by atoms with van der Waals surface area (Å²) in [5, 5.41) is 0.269. The number of hydrogen-bond donors (Lipinski definition) is 0. The van der Waals surface area contributed by atoms with E-state index in [2.05, 4.69) is 4.98 Å². The monoisotopic (exact) mass is 326 g/mol. The molecule has 1 aromatic carbocycles. The van der Waals surface area contributed by atoms with Crippen molar-refractivity contribution in [2.24, 2.45) is 0 Å². The summed E-state index contributed by atoms with van der Waals surface area (Å²) in [6, 6.07) is 7.51. The van der Waals surface area contributed by atoms with Crippen molar-refractivity contribution in [2.75, 3.05) is 6.61 Å². The topological polar surface area (TPSA) is 61.2 Å². The Balaban J connectivity index is 2.21. The van der Waals surface area contributed by atoms with Gasteiger partial charge in [-0.15, -0.1) is 0 Å². The fraction of sp³-hybridized carbons (Fsp3) is 0.167. The molecule has 0 aliphatic heterocycles. The van der Waals surface area contributed by atoms with E-state index < -0.39 is 17.2 Å². The van der Waals surface area contributed by atoms with E-state index in [1.807, 2.05) is 6.07 Å². The summed E-state index contributed by atoms with van der Waals surface area (Å²) in [4.78, 5) is 28.6. The third-order valence-corrected chi connectivity index (χ3v) is 3.61. The number of halogens is 1. The average Bonchev–Trinajstić information content (AvgIpc) is 2.58. The van der Waals surface area contributed by atoms with Crippen molar-refractivity contribution in [2.45, 2.75) is 13.5 Å². The minimum absolute atomic E-state index is 0.0696. The molecule has 0 radical (unpaired) electrons. The van der Waals surface area contributed by atoms with Crippen molar-refractivity contribution in [3.8, 4) is 0 Å². The van der Waals surface area contributed by atoms with Gasteiger partial charge in [-0.1, -0.05) is 6.07 Å². The normalized spacial score (nSPS) is 10.8. The summed E-state index contributed by atoms with van der Waals surface area (Å²) in [5.74, 6) is -1.14. The molecule has 3 aromatic rings. The lowest BCUT2D eigenvalue weighted by Gasteiger charge is -2.13. The molecule has 3 rings (SSSR count). The Hall–Kier alpha value is -3.02. The number of nitrogens with zero attached hydrogens (tertiary/aromatic N) is 2. The van der Waals surface area contributed by atoms with Gasteiger partial charge in [-0.25, -0.2) is 9.18 Å². The predicted molar refractivity (Wildman–Crippen MR) is 87.5 cm³/mol. The van der Waals surface area contributed by atoms with E-state index in [4.69, 9.17) is 4.74 Å². The molecule has 0 saturated carbocycles. The maximum absolute atomic E-state index is 13.6. The Morgan fingerprint density at radius 2 is 2.17 bits per heavy atom. The number of benzene rings is 1. The second kappa shape index (κ2) is 6.62. The highest BCUT2D eigenvalue weighted by atomic mass is 19.1. The highest BCUT2D eigenvalue weighted by Crippen LogP contribution is 2.16. The Morgan fingerprint density at radius 1 is 1.33 bits per heavy atom. The van der Waals surface area contributed by atoms with Crippen LogP contribution < -0.4 is 5.43 Å². The molecule has 2 aromatic heterocycles. The van der Waals surface area contributed by atoms with Gasteiger partial charge in [-0.05, 0) is 36.8 Å². The van der Waals surface area contributed by atoms with E-state index in [0.717, 1.165) is 5.56 Å². The van der Waals surface area contributed by atoms with Gasteiger partial charge in [0.1, 0.15) is 11.4 Å². The molecular weight excluding hydrogens is 311 g/mol. The lowest BCUT2D eigenvalue weighted by molar-refractivity contribution is 0.0524. The molecule has 2 heterocycles. The minimum atomic E-state index is -0.686. The van der Waals surface area contributed by atoms with Crippen molar-refractivity contribution >= 4 is 16.9 Å². The fourth-order valence-corrected chi connectivity index (χ4v) is 2.54. The van der Waals surface area contributed by atoms with Crippen LogP contribution in [0.5, 0.6) is 0 Å². The van der Waals surface area contributed by atoms with Crippen molar-refractivity contribution in [3.05, 3.63) is 76.1 Å². The second-order valence-electron chi connectivity index (χ2n) is 5.24. The van der Waals surface area contributed by atoms with Gasteiger partial charge in [0.15, 0.2) is 0 Å². The number of fused-ring (bicyclic) bond motifs is 1. The summed E-state index contributed by atoms with van der Waals surface area (Å²) in [7, 11) is 0. The number of esters is 1. The first-order chi connectivity index (χ1) is 11.6. The van der Waals surface area contributed by atoms with Crippen molar-refractivity contribution in [3.63, 3.8) is 0 Å². The smallest absolute Gasteiger partial charge is 0.343 e. The van der Waals surface area contributed by atoms with Crippen molar-refractivity contribution in [1.82, 2.24) is 9.55 Å². The van der Waals surface area contributed by atoms with Crippen molar-refractivity contribution < 1.29 is 13.9 Å². The molecule has 24 heavy (non-hydrogen) atoms. The van der Waals surface area contributed by atoms with Gasteiger partial charge in [0, 0.05) is 30.5 Å². The van der Waals surface area contributed by atoms with Gasteiger partial charge in [0.25, 0.3) is 0 Å². The number of pyridine rings is 2. The van der Waals surface area contributed by atoms with Crippen LogP contribution in [0.2, 0.25) is 0 Å². The third-order valence-electron chi connectivity index (χ3n) is 3.61. The summed E-state index contributed by atoms with van der Waals surface area (Å²) in [5.41, 5.74) is 0.740. The summed E-state index contributed by atoms with van der Waals surface area (Å²) < 4.78 is 20.3. The summed E-state index contributed by atoms with van der Waals surface area (Å²) >= 11 is 0. The van der Waals surface area contributed by atoms with Crippen LogP contribution in [-0.4, -0.2) is 22.1 Å². The van der Waals surface area contributed by atoms with Crippen LogP contribution in [0.1, 0.15) is 22.8 Å². The average molecular weight is 326 g/mol. The summed E-state index contributed by atoms with van der Waals surface area (Å²) in [6.07, 6.45) is 4.74. The molecule has 0 fully saturated rings. The SMILES string of the molecule is CCOC(=O)c1cn(Cc2cccnc2)c2cc(F)ccc2c1=O. The van der Waals surface area contributed by atoms with Gasteiger partial charge < -0.3 is 9.30 Å². The Bertz CT molecular complexity index is 952. The molecule has 5 nitrogen and oxygen atoms in total. The molecule has 0 bridgehead atoms. The predicted octanol–water partition coefficient (Wildman–Crippen LogP) is 2.76. The Labute approximate surface area is 137 Å². The zero-order valence-electron chi connectivity index (χ0n) is 13.0. The molecule has 6 heteroatoms. The first-order valence-electron chi connectivity index (χ1n) is 7.49. The van der Waals surface area contributed by atoms with Crippen LogP contribution in [0.15, 0.2) is 53.7 Å². The number of carbonyl (C=O) groups excluding carboxylic acids is 1. The molecule has 0 aliphatic rings. The standard InChI is InChI=1S/C18H15FN2O3/c1-2-24-18(23)15-11-21(10-12-4-3-7-20-9-12)16-8-13(19)5-6-14(16)17(15)22/h3-9,11H,2,10H2,1H3. The highest BCUT2D eigenvalue weighted by molar-refractivity contribution is 5.93. The van der Waals surface area contributed by atoms with Crippen LogP contribution in [0.4, 0.5) is 4.39 Å². The van der Waals surface area contributed by atoms with E-state index in [1.165, 1.54) is 24.4 Å². The van der Waals surface area contributed by atoms with E-state index in [0.29, 0.717) is 12.1 Å². The minimum Gasteiger partial charge on any atom is -0.462 e. The van der Waals surface area contributed by atoms with Gasteiger partial charge >= 0.3 is 5.97 Å². The van der Waals surface area contributed by atoms with Crippen LogP contribution in [0.3, 0.4) is 0 Å². The number of rotatable bonds is 4. The highest BCUT2D eigenvalue weighted by Gasteiger charge is 2.17. The molecule has 0 aliphatic carbocycles. The van der Waals surface area contributed by atoms with Gasteiger partial charge in [0.05, 0.1) is 12.1 Å². The molecule has 0 atom stereocenters. The molecule has 0 spiro atoms. The van der Waals surface area contributed by atoms with E-state index in [1.54, 1.807) is 30.0 Å². The van der Waals surface area contributed by atoms with Gasteiger partial charge in [-0.3, -0.25) is 9.78 Å². The van der Waals surface area contributed by atoms with Crippen molar-refractivity contribution in [1.29, 1.82) is 0 Å². The first-order valence-corrected chi connectivity index (χ1v) is 7.49. The third kappa shape index (κ3) is 3.03. The second-order valence-corrected chi connectivity index (χ2v) is 5.24. The van der Waals surface area contributed by atoms with Crippen LogP contribution in [0, 0.1) is 5.82 Å². The number of aromatic nitrogens is 2. The molecule has 0 N–H and O–H groups in total. The molecule has 122 valence electrons. The molecule has 0 amide bonds. The summed E-state index contributed by atoms with van der Waals surface area (Å²) in [6.45, 7) is 2.19. The van der Waals surface area contributed by atoms with Crippen LogP contribution in [0.25, 0.3) is 10.9 Å². The number of hydrogen-bond acceptors (Lipinski definition) is 4. The molecular formula is C18H15FN2O3. The quantitative estimate of drug-likeness (QED) is 0.692. The number of ether oxygens (including phenoxy) is 1. The maximum Gasteiger partial charge on any atom is 0.343 e. The lowest BCUT2D eigenvalue weighted by atomic mass is 10.1.